The number of carbonyl (C=O) groups excluding carboxylic acids is 2. The average molecular weight is 393 g/mol. The Morgan fingerprint density at radius 3 is 2.42 bits per heavy atom. The summed E-state index contributed by atoms with van der Waals surface area (Å²) in [6.07, 6.45) is 0.0393. The number of rotatable bonds is 3. The highest BCUT2D eigenvalue weighted by molar-refractivity contribution is 6.42. The number of nitrogens with zero attached hydrogens (tertiary/aromatic N) is 1. The lowest BCUT2D eigenvalue weighted by Gasteiger charge is -2.31. The first-order valence-electron chi connectivity index (χ1n) is 8.21. The van der Waals surface area contributed by atoms with Gasteiger partial charge >= 0.3 is 0 Å². The molecule has 2 amide bonds. The molecule has 136 valence electrons. The van der Waals surface area contributed by atoms with Gasteiger partial charge in [0.2, 0.25) is 0 Å². The van der Waals surface area contributed by atoms with Crippen molar-refractivity contribution in [1.29, 1.82) is 0 Å². The zero-order valence-corrected chi connectivity index (χ0v) is 15.7. The van der Waals surface area contributed by atoms with Crippen LogP contribution in [-0.2, 0) is 4.74 Å². The van der Waals surface area contributed by atoms with Crippen LogP contribution >= 0.6 is 23.2 Å². The van der Waals surface area contributed by atoms with E-state index in [2.05, 4.69) is 5.32 Å². The number of benzene rings is 2. The maximum atomic E-state index is 12.5. The monoisotopic (exact) mass is 392 g/mol. The summed E-state index contributed by atoms with van der Waals surface area (Å²) >= 11 is 11.8. The second-order valence-corrected chi connectivity index (χ2v) is 6.91. The quantitative estimate of drug-likeness (QED) is 0.854. The molecule has 1 atom stereocenters. The maximum Gasteiger partial charge on any atom is 0.255 e. The van der Waals surface area contributed by atoms with Crippen LogP contribution in [0.2, 0.25) is 10.0 Å². The highest BCUT2D eigenvalue weighted by Crippen LogP contribution is 2.23. The molecule has 1 aliphatic heterocycles. The van der Waals surface area contributed by atoms with Crippen molar-refractivity contribution in [2.75, 3.05) is 25.0 Å². The van der Waals surface area contributed by atoms with Gasteiger partial charge in [0.1, 0.15) is 0 Å². The fourth-order valence-electron chi connectivity index (χ4n) is 2.72. The van der Waals surface area contributed by atoms with E-state index in [4.69, 9.17) is 27.9 Å². The van der Waals surface area contributed by atoms with Crippen LogP contribution in [0.1, 0.15) is 27.6 Å². The average Bonchev–Trinajstić information content (AvgIpc) is 2.64. The van der Waals surface area contributed by atoms with Crippen molar-refractivity contribution in [2.45, 2.75) is 13.0 Å². The van der Waals surface area contributed by atoms with E-state index in [-0.39, 0.29) is 17.9 Å². The van der Waals surface area contributed by atoms with Crippen molar-refractivity contribution in [3.05, 3.63) is 63.6 Å². The molecule has 0 spiro atoms. The minimum atomic E-state index is -0.301. The zero-order valence-electron chi connectivity index (χ0n) is 14.2. The minimum Gasteiger partial charge on any atom is -0.375 e. The summed E-state index contributed by atoms with van der Waals surface area (Å²) < 4.78 is 5.46. The van der Waals surface area contributed by atoms with Gasteiger partial charge in [0.25, 0.3) is 11.8 Å². The second-order valence-electron chi connectivity index (χ2n) is 6.09. The molecule has 1 N–H and O–H groups in total. The Kier molecular flexibility index (Phi) is 5.81. The molecule has 0 bridgehead atoms. The van der Waals surface area contributed by atoms with Crippen LogP contribution in [0.25, 0.3) is 0 Å². The Hall–Kier alpha value is -2.08. The summed E-state index contributed by atoms with van der Waals surface area (Å²) in [7, 11) is 0. The molecule has 1 heterocycles. The van der Waals surface area contributed by atoms with Crippen LogP contribution in [0.4, 0.5) is 5.69 Å². The van der Waals surface area contributed by atoms with Crippen molar-refractivity contribution in [3.63, 3.8) is 0 Å². The summed E-state index contributed by atoms with van der Waals surface area (Å²) in [6.45, 7) is 3.65. The Bertz CT molecular complexity index is 824. The van der Waals surface area contributed by atoms with E-state index in [1.165, 1.54) is 6.07 Å². The molecule has 7 heteroatoms. The fourth-order valence-corrected chi connectivity index (χ4v) is 3.02. The minimum absolute atomic E-state index is 0.0393. The Labute approximate surface area is 161 Å². The van der Waals surface area contributed by atoms with E-state index < -0.39 is 0 Å². The lowest BCUT2D eigenvalue weighted by molar-refractivity contribution is -0.0124. The highest BCUT2D eigenvalue weighted by Gasteiger charge is 2.22. The highest BCUT2D eigenvalue weighted by atomic mass is 35.5. The molecule has 26 heavy (non-hydrogen) atoms. The van der Waals surface area contributed by atoms with Crippen LogP contribution in [0.3, 0.4) is 0 Å². The number of hydrogen-bond acceptors (Lipinski definition) is 3. The first-order chi connectivity index (χ1) is 12.4. The molecule has 5 nitrogen and oxygen atoms in total. The number of carbonyl (C=O) groups is 2. The van der Waals surface area contributed by atoms with Gasteiger partial charge in [-0.15, -0.1) is 0 Å². The second kappa shape index (κ2) is 8.08. The third-order valence-corrected chi connectivity index (χ3v) is 4.84. The molecular formula is C19H18Cl2N2O3. The normalized spacial score (nSPS) is 17.0. The molecule has 2 aromatic rings. The molecule has 1 aliphatic rings. The van der Waals surface area contributed by atoms with Gasteiger partial charge in [0, 0.05) is 29.9 Å². The van der Waals surface area contributed by atoms with Gasteiger partial charge in [-0.2, -0.15) is 0 Å². The number of nitrogens with one attached hydrogen (secondary N) is 1. The topological polar surface area (TPSA) is 58.6 Å². The molecule has 0 radical (unpaired) electrons. The number of anilines is 1. The molecule has 0 aromatic heterocycles. The lowest BCUT2D eigenvalue weighted by Crippen LogP contribution is -2.44. The number of amides is 2. The predicted molar refractivity (Wildman–Crippen MR) is 102 cm³/mol. The molecule has 1 fully saturated rings. The van der Waals surface area contributed by atoms with Gasteiger partial charge in [-0.1, -0.05) is 23.2 Å². The largest absolute Gasteiger partial charge is 0.375 e. The van der Waals surface area contributed by atoms with E-state index in [1.807, 2.05) is 6.92 Å². The van der Waals surface area contributed by atoms with Gasteiger partial charge in [0.15, 0.2) is 0 Å². The maximum absolute atomic E-state index is 12.5. The first kappa shape index (κ1) is 18.7. The smallest absolute Gasteiger partial charge is 0.255 e. The van der Waals surface area contributed by atoms with E-state index in [9.17, 15) is 9.59 Å². The third kappa shape index (κ3) is 4.36. The first-order valence-corrected chi connectivity index (χ1v) is 8.97. The number of morpholine rings is 1. The number of ether oxygens (including phenoxy) is 1. The van der Waals surface area contributed by atoms with Crippen molar-refractivity contribution >= 4 is 40.7 Å². The number of hydrogen-bond donors (Lipinski definition) is 1. The lowest BCUT2D eigenvalue weighted by atomic mass is 10.1. The van der Waals surface area contributed by atoms with Gasteiger partial charge < -0.3 is 15.0 Å². The fraction of sp³-hybridized carbons (Fsp3) is 0.263. The summed E-state index contributed by atoms with van der Waals surface area (Å²) in [5, 5.41) is 3.48. The van der Waals surface area contributed by atoms with Crippen LogP contribution < -0.4 is 5.32 Å². The summed E-state index contributed by atoms with van der Waals surface area (Å²) in [6, 6.07) is 11.5. The Balaban J connectivity index is 1.66. The molecule has 2 aromatic carbocycles. The van der Waals surface area contributed by atoms with E-state index >= 15 is 0 Å². The SMILES string of the molecule is CC1CN(C(=O)c2ccc(NC(=O)c3ccc(Cl)c(Cl)c3)cc2)CCO1. The van der Waals surface area contributed by atoms with Gasteiger partial charge in [-0.3, -0.25) is 9.59 Å². The van der Waals surface area contributed by atoms with Crippen LogP contribution in [0.15, 0.2) is 42.5 Å². The molecular weight excluding hydrogens is 375 g/mol. The predicted octanol–water partition coefficient (Wildman–Crippen LogP) is 4.11. The zero-order chi connectivity index (χ0) is 18.7. The van der Waals surface area contributed by atoms with Gasteiger partial charge in [-0.25, -0.2) is 0 Å². The standard InChI is InChI=1S/C19H18Cl2N2O3/c1-12-11-23(8-9-26-12)19(25)13-2-5-15(6-3-13)22-18(24)14-4-7-16(20)17(21)10-14/h2-7,10,12H,8-9,11H2,1H3,(H,22,24). The van der Waals surface area contributed by atoms with Crippen molar-refractivity contribution in [2.24, 2.45) is 0 Å². The Morgan fingerprint density at radius 2 is 1.77 bits per heavy atom. The molecule has 3 rings (SSSR count). The molecule has 0 aliphatic carbocycles. The van der Waals surface area contributed by atoms with Gasteiger partial charge in [0.05, 0.1) is 22.8 Å². The molecule has 1 saturated heterocycles. The summed E-state index contributed by atoms with van der Waals surface area (Å²) in [5.74, 6) is -0.341. The van der Waals surface area contributed by atoms with Gasteiger partial charge in [-0.05, 0) is 49.4 Å². The van der Waals surface area contributed by atoms with E-state index in [1.54, 1.807) is 41.3 Å². The van der Waals surface area contributed by atoms with E-state index in [0.717, 1.165) is 0 Å². The van der Waals surface area contributed by atoms with Crippen molar-refractivity contribution in [1.82, 2.24) is 4.90 Å². The van der Waals surface area contributed by atoms with Crippen LogP contribution in [0, 0.1) is 0 Å². The summed E-state index contributed by atoms with van der Waals surface area (Å²) in [4.78, 5) is 26.6. The summed E-state index contributed by atoms with van der Waals surface area (Å²) in [5.41, 5.74) is 1.57. The van der Waals surface area contributed by atoms with E-state index in [0.29, 0.717) is 46.6 Å². The van der Waals surface area contributed by atoms with Crippen molar-refractivity contribution < 1.29 is 14.3 Å². The van der Waals surface area contributed by atoms with Crippen LogP contribution in [0.5, 0.6) is 0 Å². The van der Waals surface area contributed by atoms with Crippen LogP contribution in [-0.4, -0.2) is 42.5 Å². The Morgan fingerprint density at radius 1 is 1.08 bits per heavy atom. The molecule has 1 unspecified atom stereocenters. The van der Waals surface area contributed by atoms with Crippen molar-refractivity contribution in [3.8, 4) is 0 Å². The molecule has 0 saturated carbocycles. The third-order valence-electron chi connectivity index (χ3n) is 4.10. The number of halogens is 2.